The van der Waals surface area contributed by atoms with E-state index in [2.05, 4.69) is 23.7 Å². The van der Waals surface area contributed by atoms with E-state index in [0.717, 1.165) is 25.2 Å². The number of rotatable bonds is 6. The Morgan fingerprint density at radius 2 is 2.04 bits per heavy atom. The highest BCUT2D eigenvalue weighted by molar-refractivity contribution is 5.81. The lowest BCUT2D eigenvalue weighted by Crippen LogP contribution is -2.47. The summed E-state index contributed by atoms with van der Waals surface area (Å²) in [6.45, 7) is 7.55. The Labute approximate surface area is 147 Å². The third-order valence-corrected chi connectivity index (χ3v) is 5.14. The standard InChI is InChI=1S/C19H27N3O3/c1-13(2)16(12-22-8-4-5-9-22)21(3)18(23)11-14-6-7-17-15(10-14)20-19(24)25-17/h6-7,10,13,16H,4-5,8-9,11-12H2,1-3H3,(H,20,24). The van der Waals surface area contributed by atoms with Gasteiger partial charge in [0.1, 0.15) is 0 Å². The van der Waals surface area contributed by atoms with Crippen LogP contribution in [-0.4, -0.2) is 53.4 Å². The van der Waals surface area contributed by atoms with Crippen LogP contribution in [0.2, 0.25) is 0 Å². The van der Waals surface area contributed by atoms with Crippen molar-refractivity contribution in [3.63, 3.8) is 0 Å². The lowest BCUT2D eigenvalue weighted by molar-refractivity contribution is -0.132. The van der Waals surface area contributed by atoms with Crippen LogP contribution in [0.1, 0.15) is 32.3 Å². The van der Waals surface area contributed by atoms with E-state index in [1.54, 1.807) is 6.07 Å². The number of hydrogen-bond acceptors (Lipinski definition) is 4. The lowest BCUT2D eigenvalue weighted by atomic mass is 10.0. The molecule has 6 heteroatoms. The molecule has 1 fully saturated rings. The SMILES string of the molecule is CC(C)C(CN1CCCC1)N(C)C(=O)Cc1ccc2oc(=O)[nH]c2c1. The minimum Gasteiger partial charge on any atom is -0.408 e. The number of nitrogens with zero attached hydrogens (tertiary/aromatic N) is 2. The van der Waals surface area contributed by atoms with E-state index in [1.807, 2.05) is 24.1 Å². The van der Waals surface area contributed by atoms with Crippen LogP contribution in [-0.2, 0) is 11.2 Å². The van der Waals surface area contributed by atoms with Gasteiger partial charge in [0.2, 0.25) is 5.91 Å². The number of benzene rings is 1. The molecule has 1 N–H and O–H groups in total. The molecule has 1 aliphatic heterocycles. The van der Waals surface area contributed by atoms with Crippen molar-refractivity contribution in [2.24, 2.45) is 5.92 Å². The molecular weight excluding hydrogens is 318 g/mol. The van der Waals surface area contributed by atoms with Crippen molar-refractivity contribution in [1.82, 2.24) is 14.8 Å². The Hall–Kier alpha value is -2.08. The molecule has 1 aromatic heterocycles. The molecule has 0 saturated carbocycles. The van der Waals surface area contributed by atoms with E-state index in [4.69, 9.17) is 4.42 Å². The van der Waals surface area contributed by atoms with Crippen LogP contribution >= 0.6 is 0 Å². The molecule has 0 bridgehead atoms. The summed E-state index contributed by atoms with van der Waals surface area (Å²) in [5, 5.41) is 0. The smallest absolute Gasteiger partial charge is 0.408 e. The number of carbonyl (C=O) groups excluding carboxylic acids is 1. The van der Waals surface area contributed by atoms with Gasteiger partial charge in [-0.25, -0.2) is 4.79 Å². The second kappa shape index (κ2) is 7.44. The summed E-state index contributed by atoms with van der Waals surface area (Å²) < 4.78 is 5.01. The topological polar surface area (TPSA) is 69.5 Å². The molecule has 1 unspecified atom stereocenters. The van der Waals surface area contributed by atoms with Crippen molar-refractivity contribution >= 4 is 17.0 Å². The minimum atomic E-state index is -0.471. The zero-order chi connectivity index (χ0) is 18.0. The maximum absolute atomic E-state index is 12.8. The summed E-state index contributed by atoms with van der Waals surface area (Å²) in [7, 11) is 1.90. The van der Waals surface area contributed by atoms with Crippen LogP contribution in [0.4, 0.5) is 0 Å². The second-order valence-corrected chi connectivity index (χ2v) is 7.35. The normalized spacial score (nSPS) is 16.6. The van der Waals surface area contributed by atoms with E-state index >= 15 is 0 Å². The van der Waals surface area contributed by atoms with Crippen LogP contribution in [0.25, 0.3) is 11.1 Å². The van der Waals surface area contributed by atoms with Gasteiger partial charge in [-0.1, -0.05) is 19.9 Å². The molecule has 1 aromatic carbocycles. The summed E-state index contributed by atoms with van der Waals surface area (Å²) in [5.74, 6) is 0.0337. The molecule has 0 aliphatic carbocycles. The predicted molar refractivity (Wildman–Crippen MR) is 97.6 cm³/mol. The highest BCUT2D eigenvalue weighted by Gasteiger charge is 2.26. The Bertz CT molecular complexity index is 787. The molecular formula is C19H27N3O3. The minimum absolute atomic E-state index is 0.100. The highest BCUT2D eigenvalue weighted by Crippen LogP contribution is 2.18. The second-order valence-electron chi connectivity index (χ2n) is 7.35. The van der Waals surface area contributed by atoms with E-state index in [0.29, 0.717) is 23.4 Å². The maximum Gasteiger partial charge on any atom is 0.417 e. The van der Waals surface area contributed by atoms with E-state index in [9.17, 15) is 9.59 Å². The quantitative estimate of drug-likeness (QED) is 0.872. The monoisotopic (exact) mass is 345 g/mol. The summed E-state index contributed by atoms with van der Waals surface area (Å²) in [4.78, 5) is 31.0. The van der Waals surface area contributed by atoms with Crippen molar-refractivity contribution in [1.29, 1.82) is 0 Å². The maximum atomic E-state index is 12.8. The van der Waals surface area contributed by atoms with Crippen molar-refractivity contribution < 1.29 is 9.21 Å². The highest BCUT2D eigenvalue weighted by atomic mass is 16.4. The molecule has 25 heavy (non-hydrogen) atoms. The lowest BCUT2D eigenvalue weighted by Gasteiger charge is -2.34. The summed E-state index contributed by atoms with van der Waals surface area (Å²) in [6, 6.07) is 5.61. The Morgan fingerprint density at radius 1 is 1.32 bits per heavy atom. The van der Waals surface area contributed by atoms with E-state index < -0.39 is 5.76 Å². The molecule has 136 valence electrons. The van der Waals surface area contributed by atoms with Crippen molar-refractivity contribution in [3.05, 3.63) is 34.3 Å². The fraction of sp³-hybridized carbons (Fsp3) is 0.579. The van der Waals surface area contributed by atoms with E-state index in [1.165, 1.54) is 12.8 Å². The number of hydrogen-bond donors (Lipinski definition) is 1. The third-order valence-electron chi connectivity index (χ3n) is 5.14. The first-order valence-corrected chi connectivity index (χ1v) is 9.04. The van der Waals surface area contributed by atoms with Crippen LogP contribution in [0.3, 0.4) is 0 Å². The number of fused-ring (bicyclic) bond motifs is 1. The van der Waals surface area contributed by atoms with E-state index in [-0.39, 0.29) is 11.9 Å². The molecule has 1 atom stereocenters. The molecule has 3 rings (SSSR count). The summed E-state index contributed by atoms with van der Waals surface area (Å²) in [6.07, 6.45) is 2.83. The van der Waals surface area contributed by atoms with Gasteiger partial charge in [0.25, 0.3) is 0 Å². The van der Waals surface area contributed by atoms with Gasteiger partial charge < -0.3 is 14.2 Å². The van der Waals surface area contributed by atoms with Crippen molar-refractivity contribution in [3.8, 4) is 0 Å². The number of H-pyrrole nitrogens is 1. The number of likely N-dealkylation sites (N-methyl/N-ethyl adjacent to an activating group) is 1. The van der Waals surface area contributed by atoms with Crippen LogP contribution in [0.15, 0.2) is 27.4 Å². The Kier molecular flexibility index (Phi) is 5.27. The first-order valence-electron chi connectivity index (χ1n) is 9.04. The van der Waals surface area contributed by atoms with Crippen LogP contribution in [0.5, 0.6) is 0 Å². The molecule has 1 aliphatic rings. The molecule has 2 heterocycles. The Balaban J connectivity index is 1.69. The average Bonchev–Trinajstić information content (AvgIpc) is 3.19. The van der Waals surface area contributed by atoms with Gasteiger partial charge in [0.15, 0.2) is 5.58 Å². The van der Waals surface area contributed by atoms with Crippen molar-refractivity contribution in [2.75, 3.05) is 26.7 Å². The van der Waals surface area contributed by atoms with Gasteiger partial charge in [-0.05, 0) is 49.5 Å². The molecule has 1 amide bonds. The third kappa shape index (κ3) is 4.12. The van der Waals surface area contributed by atoms with Crippen LogP contribution < -0.4 is 5.76 Å². The number of carbonyl (C=O) groups is 1. The number of amides is 1. The van der Waals surface area contributed by atoms with Gasteiger partial charge in [-0.15, -0.1) is 0 Å². The molecule has 0 spiro atoms. The molecule has 0 radical (unpaired) electrons. The number of aromatic amines is 1. The van der Waals surface area contributed by atoms with Crippen LogP contribution in [0, 0.1) is 5.92 Å². The molecule has 2 aromatic rings. The number of likely N-dealkylation sites (tertiary alicyclic amines) is 1. The fourth-order valence-electron chi connectivity index (χ4n) is 3.60. The number of aromatic nitrogens is 1. The van der Waals surface area contributed by atoms with Gasteiger partial charge in [-0.2, -0.15) is 0 Å². The molecule has 1 saturated heterocycles. The van der Waals surface area contributed by atoms with Gasteiger partial charge in [-0.3, -0.25) is 9.78 Å². The predicted octanol–water partition coefficient (Wildman–Crippen LogP) is 2.24. The van der Waals surface area contributed by atoms with Gasteiger partial charge in [0.05, 0.1) is 11.9 Å². The summed E-state index contributed by atoms with van der Waals surface area (Å²) in [5.41, 5.74) is 2.03. The zero-order valence-corrected chi connectivity index (χ0v) is 15.2. The first kappa shape index (κ1) is 17.7. The average molecular weight is 345 g/mol. The number of nitrogens with one attached hydrogen (secondary N) is 1. The summed E-state index contributed by atoms with van der Waals surface area (Å²) >= 11 is 0. The van der Waals surface area contributed by atoms with Gasteiger partial charge >= 0.3 is 5.76 Å². The molecule has 6 nitrogen and oxygen atoms in total. The van der Waals surface area contributed by atoms with Crippen molar-refractivity contribution in [2.45, 2.75) is 39.2 Å². The Morgan fingerprint density at radius 3 is 2.72 bits per heavy atom. The largest absolute Gasteiger partial charge is 0.417 e. The first-order chi connectivity index (χ1) is 11.9. The fourth-order valence-corrected chi connectivity index (χ4v) is 3.60. The number of oxazole rings is 1. The van der Waals surface area contributed by atoms with Gasteiger partial charge in [0, 0.05) is 19.6 Å². The zero-order valence-electron chi connectivity index (χ0n) is 15.2.